The van der Waals surface area contributed by atoms with E-state index in [4.69, 9.17) is 0 Å². The first-order chi connectivity index (χ1) is 7.45. The highest BCUT2D eigenvalue weighted by molar-refractivity contribution is 5.12. The van der Waals surface area contributed by atoms with Crippen LogP contribution in [0.5, 0.6) is 0 Å². The van der Waals surface area contributed by atoms with E-state index in [1.165, 1.54) is 23.7 Å². The van der Waals surface area contributed by atoms with Crippen LogP contribution in [0.2, 0.25) is 0 Å². The lowest BCUT2D eigenvalue weighted by atomic mass is 9.82. The molecule has 0 aromatic carbocycles. The van der Waals surface area contributed by atoms with Gasteiger partial charge in [0.2, 0.25) is 0 Å². The van der Waals surface area contributed by atoms with E-state index in [0.29, 0.717) is 0 Å². The Morgan fingerprint density at radius 2 is 1.33 bits per heavy atom. The predicted molar refractivity (Wildman–Crippen MR) is 64.6 cm³/mol. The molecule has 0 heteroatoms. The minimum absolute atomic E-state index is 1.14. The number of fused-ring (bicyclic) bond motifs is 5. The van der Waals surface area contributed by atoms with Crippen molar-refractivity contribution in [1.29, 1.82) is 0 Å². The summed E-state index contributed by atoms with van der Waals surface area (Å²) in [5.74, 6) is 4.80. The molecule has 3 saturated carbocycles. The molecule has 0 nitrogen and oxygen atoms in total. The smallest absolute Gasteiger partial charge is 0.0163 e. The molecule has 4 aliphatic rings. The first kappa shape index (κ1) is 9.69. The molecule has 4 unspecified atom stereocenters. The van der Waals surface area contributed by atoms with Gasteiger partial charge in [-0.15, -0.1) is 0 Å². The van der Waals surface area contributed by atoms with Crippen LogP contribution in [0.15, 0.2) is 24.3 Å². The molecule has 0 N–H and O–H groups in total. The second kappa shape index (κ2) is 4.15. The van der Waals surface area contributed by atoms with E-state index in [1.54, 1.807) is 38.5 Å². The van der Waals surface area contributed by atoms with E-state index in [9.17, 15) is 0 Å². The molecule has 0 radical (unpaired) electrons. The molecule has 0 aromatic rings. The van der Waals surface area contributed by atoms with Crippen molar-refractivity contribution in [2.24, 2.45) is 23.7 Å². The van der Waals surface area contributed by atoms with Crippen LogP contribution < -0.4 is 0 Å². The highest BCUT2D eigenvalue weighted by atomic mass is 14.5. The second-order valence-electron chi connectivity index (χ2n) is 5.68. The Kier molecular flexibility index (Phi) is 2.68. The zero-order valence-corrected chi connectivity index (χ0v) is 9.57. The number of rotatable bonds is 0. The van der Waals surface area contributed by atoms with Gasteiger partial charge in [-0.05, 0) is 62.2 Å². The lowest BCUT2D eigenvalue weighted by Crippen LogP contribution is -2.15. The lowest BCUT2D eigenvalue weighted by Gasteiger charge is -2.23. The van der Waals surface area contributed by atoms with E-state index >= 15 is 0 Å². The van der Waals surface area contributed by atoms with Gasteiger partial charge >= 0.3 is 0 Å². The van der Waals surface area contributed by atoms with Gasteiger partial charge in [0, 0.05) is 0 Å². The van der Waals surface area contributed by atoms with Gasteiger partial charge < -0.3 is 0 Å². The Labute approximate surface area is 93.5 Å². The summed E-state index contributed by atoms with van der Waals surface area (Å²) in [4.78, 5) is 0. The molecular weight excluding hydrogens is 180 g/mol. The van der Waals surface area contributed by atoms with Crippen molar-refractivity contribution in [1.82, 2.24) is 0 Å². The average molecular weight is 202 g/mol. The zero-order valence-electron chi connectivity index (χ0n) is 9.57. The van der Waals surface area contributed by atoms with Crippen molar-refractivity contribution in [2.75, 3.05) is 0 Å². The summed E-state index contributed by atoms with van der Waals surface area (Å²) in [6.45, 7) is 0. The first-order valence-corrected chi connectivity index (χ1v) is 6.77. The molecule has 4 atom stereocenters. The molecule has 0 saturated heterocycles. The van der Waals surface area contributed by atoms with Crippen LogP contribution in [0.3, 0.4) is 0 Å². The predicted octanol–water partition coefficient (Wildman–Crippen LogP) is 4.34. The van der Waals surface area contributed by atoms with Gasteiger partial charge in [-0.25, -0.2) is 0 Å². The minimum atomic E-state index is 1.14. The van der Waals surface area contributed by atoms with Crippen LogP contribution in [0.4, 0.5) is 0 Å². The summed E-state index contributed by atoms with van der Waals surface area (Å²) in [6, 6.07) is 0. The largest absolute Gasteiger partial charge is 0.0808 e. The molecule has 0 aliphatic heterocycles. The van der Waals surface area contributed by atoms with Crippen LogP contribution in [-0.2, 0) is 0 Å². The van der Waals surface area contributed by atoms with Crippen molar-refractivity contribution < 1.29 is 0 Å². The van der Waals surface area contributed by atoms with E-state index in [-0.39, 0.29) is 0 Å². The minimum Gasteiger partial charge on any atom is -0.0808 e. The molecule has 3 fully saturated rings. The summed E-state index contributed by atoms with van der Waals surface area (Å²) >= 11 is 0. The van der Waals surface area contributed by atoms with Gasteiger partial charge in [0.15, 0.2) is 0 Å². The average Bonchev–Trinajstić information content (AvgIpc) is 3.06. The van der Waals surface area contributed by atoms with Gasteiger partial charge in [-0.1, -0.05) is 30.7 Å². The zero-order chi connectivity index (χ0) is 10.1. The number of hydrogen-bond acceptors (Lipinski definition) is 0. The third kappa shape index (κ3) is 1.79. The van der Waals surface area contributed by atoms with Crippen LogP contribution in [0.25, 0.3) is 0 Å². The Morgan fingerprint density at radius 3 is 1.80 bits per heavy atom. The standard InChI is InChI=1S/C10H16.C5H6/c1-2-9-7-4-5-8(6-7)10(9)3-1;1-2-4-5-3-1/h7-10H,1-6H2;1-4H,5H2. The quantitative estimate of drug-likeness (QED) is 0.548. The molecule has 82 valence electrons. The SMILES string of the molecule is C1=CCC=C1.C1CC2C3CCC(C3)C2C1. The molecule has 2 bridgehead atoms. The van der Waals surface area contributed by atoms with Crippen molar-refractivity contribution >= 4 is 0 Å². The molecule has 4 aliphatic carbocycles. The maximum atomic E-state index is 2.12. The Hall–Kier alpha value is -0.520. The second-order valence-corrected chi connectivity index (χ2v) is 5.68. The van der Waals surface area contributed by atoms with Crippen molar-refractivity contribution in [3.05, 3.63) is 24.3 Å². The van der Waals surface area contributed by atoms with E-state index in [2.05, 4.69) is 24.3 Å². The van der Waals surface area contributed by atoms with Gasteiger partial charge in [0.25, 0.3) is 0 Å². The monoisotopic (exact) mass is 202 g/mol. The fourth-order valence-corrected chi connectivity index (χ4v) is 4.41. The summed E-state index contributed by atoms with van der Waals surface area (Å²) in [5, 5.41) is 0. The molecule has 0 spiro atoms. The molecule has 0 aromatic heterocycles. The van der Waals surface area contributed by atoms with E-state index in [1.807, 2.05) is 0 Å². The van der Waals surface area contributed by atoms with Gasteiger partial charge in [0.1, 0.15) is 0 Å². The van der Waals surface area contributed by atoms with Gasteiger partial charge in [0.05, 0.1) is 0 Å². The van der Waals surface area contributed by atoms with Crippen LogP contribution in [0.1, 0.15) is 44.9 Å². The number of hydrogen-bond donors (Lipinski definition) is 0. The van der Waals surface area contributed by atoms with Crippen molar-refractivity contribution in [3.8, 4) is 0 Å². The van der Waals surface area contributed by atoms with Gasteiger partial charge in [-0.3, -0.25) is 0 Å². The first-order valence-electron chi connectivity index (χ1n) is 6.77. The van der Waals surface area contributed by atoms with E-state index < -0.39 is 0 Å². The molecule has 0 amide bonds. The Bertz CT molecular complexity index is 248. The molecule has 4 rings (SSSR count). The Morgan fingerprint density at radius 1 is 0.733 bits per heavy atom. The summed E-state index contributed by atoms with van der Waals surface area (Å²) in [5.41, 5.74) is 0. The fraction of sp³-hybridized carbons (Fsp3) is 0.733. The fourth-order valence-electron chi connectivity index (χ4n) is 4.41. The third-order valence-electron chi connectivity index (χ3n) is 5.01. The van der Waals surface area contributed by atoms with Crippen molar-refractivity contribution in [3.63, 3.8) is 0 Å². The lowest BCUT2D eigenvalue weighted by molar-refractivity contribution is 0.259. The highest BCUT2D eigenvalue weighted by Crippen LogP contribution is 2.58. The molecule has 15 heavy (non-hydrogen) atoms. The number of allylic oxidation sites excluding steroid dienone is 4. The normalized spacial score (nSPS) is 44.3. The van der Waals surface area contributed by atoms with E-state index in [0.717, 1.165) is 6.42 Å². The molecular formula is C15H22. The topological polar surface area (TPSA) is 0 Å². The summed E-state index contributed by atoms with van der Waals surface area (Å²) in [6.07, 6.45) is 19.0. The highest BCUT2D eigenvalue weighted by Gasteiger charge is 2.48. The Balaban J connectivity index is 0.000000123. The maximum Gasteiger partial charge on any atom is -0.0163 e. The van der Waals surface area contributed by atoms with Crippen LogP contribution >= 0.6 is 0 Å². The summed E-state index contributed by atoms with van der Waals surface area (Å²) in [7, 11) is 0. The third-order valence-corrected chi connectivity index (χ3v) is 5.01. The van der Waals surface area contributed by atoms with Crippen LogP contribution in [-0.4, -0.2) is 0 Å². The van der Waals surface area contributed by atoms with Crippen molar-refractivity contribution in [2.45, 2.75) is 44.9 Å². The maximum absolute atomic E-state index is 2.12. The molecule has 0 heterocycles. The van der Waals surface area contributed by atoms with Gasteiger partial charge in [-0.2, -0.15) is 0 Å². The van der Waals surface area contributed by atoms with Crippen LogP contribution in [0, 0.1) is 23.7 Å². The summed E-state index contributed by atoms with van der Waals surface area (Å²) < 4.78 is 0.